The van der Waals surface area contributed by atoms with E-state index in [4.69, 9.17) is 13.9 Å². The van der Waals surface area contributed by atoms with E-state index in [1.807, 2.05) is 32.9 Å². The zero-order valence-corrected chi connectivity index (χ0v) is 16.4. The molecule has 0 unspecified atom stereocenters. The summed E-state index contributed by atoms with van der Waals surface area (Å²) < 4.78 is 17.2. The Morgan fingerprint density at radius 2 is 1.78 bits per heavy atom. The van der Waals surface area contributed by atoms with Crippen LogP contribution in [-0.2, 0) is 0 Å². The number of benzene rings is 1. The number of hydrogen-bond donors (Lipinski definition) is 1. The standard InChI is InChI=1S/C20H25N3O4/c1-6-7-25-18-15-19(23-20(22-18)26-10-11(2)3)27-17(21-15)14-8-12(4)16(24)13(5)9-14/h8-9,11,24H,6-7,10H2,1-5H3. The summed E-state index contributed by atoms with van der Waals surface area (Å²) in [5.74, 6) is 1.36. The van der Waals surface area contributed by atoms with Gasteiger partial charge < -0.3 is 19.0 Å². The molecule has 0 atom stereocenters. The number of aryl methyl sites for hydroxylation is 2. The second kappa shape index (κ2) is 7.82. The van der Waals surface area contributed by atoms with Crippen molar-refractivity contribution in [3.63, 3.8) is 0 Å². The molecule has 3 rings (SSSR count). The predicted molar refractivity (Wildman–Crippen MR) is 102 cm³/mol. The Labute approximate surface area is 158 Å². The molecule has 0 saturated heterocycles. The van der Waals surface area contributed by atoms with Gasteiger partial charge in [0.1, 0.15) is 5.75 Å². The molecule has 0 fully saturated rings. The number of phenols is 1. The molecular weight excluding hydrogens is 346 g/mol. The maximum absolute atomic E-state index is 9.99. The Balaban J connectivity index is 2.06. The van der Waals surface area contributed by atoms with Gasteiger partial charge in [-0.1, -0.05) is 20.8 Å². The minimum atomic E-state index is 0.211. The number of phenolic OH excluding ortho intramolecular Hbond substituents is 1. The maximum Gasteiger partial charge on any atom is 0.323 e. The lowest BCUT2D eigenvalue weighted by Crippen LogP contribution is -2.08. The molecule has 0 bridgehead atoms. The quantitative estimate of drug-likeness (QED) is 0.657. The van der Waals surface area contributed by atoms with E-state index in [9.17, 15) is 5.11 Å². The van der Waals surface area contributed by atoms with E-state index in [0.29, 0.717) is 42.1 Å². The van der Waals surface area contributed by atoms with Crippen LogP contribution in [0.4, 0.5) is 0 Å². The number of fused-ring (bicyclic) bond motifs is 1. The molecule has 27 heavy (non-hydrogen) atoms. The summed E-state index contributed by atoms with van der Waals surface area (Å²) in [6, 6.07) is 3.86. The Bertz CT molecular complexity index is 927. The van der Waals surface area contributed by atoms with Crippen LogP contribution in [0.5, 0.6) is 17.6 Å². The molecule has 144 valence electrons. The largest absolute Gasteiger partial charge is 0.507 e. The lowest BCUT2D eigenvalue weighted by molar-refractivity contribution is 0.242. The van der Waals surface area contributed by atoms with Crippen molar-refractivity contribution in [1.82, 2.24) is 15.0 Å². The third kappa shape index (κ3) is 4.13. The molecule has 1 N–H and O–H groups in total. The van der Waals surface area contributed by atoms with Crippen LogP contribution in [-0.4, -0.2) is 33.3 Å². The van der Waals surface area contributed by atoms with E-state index in [2.05, 4.69) is 28.8 Å². The first kappa shape index (κ1) is 18.9. The normalized spacial score (nSPS) is 11.3. The predicted octanol–water partition coefficient (Wildman–Crippen LogP) is 4.43. The average molecular weight is 371 g/mol. The van der Waals surface area contributed by atoms with Gasteiger partial charge in [0.25, 0.3) is 11.6 Å². The van der Waals surface area contributed by atoms with Crippen LogP contribution in [0, 0.1) is 19.8 Å². The molecule has 7 heteroatoms. The van der Waals surface area contributed by atoms with Gasteiger partial charge in [-0.3, -0.25) is 0 Å². The van der Waals surface area contributed by atoms with E-state index in [1.54, 1.807) is 0 Å². The first-order chi connectivity index (χ1) is 12.9. The van der Waals surface area contributed by atoms with Crippen molar-refractivity contribution < 1.29 is 19.0 Å². The highest BCUT2D eigenvalue weighted by molar-refractivity contribution is 5.78. The number of hydrogen-bond acceptors (Lipinski definition) is 7. The van der Waals surface area contributed by atoms with Gasteiger partial charge in [0, 0.05) is 5.56 Å². The highest BCUT2D eigenvalue weighted by Crippen LogP contribution is 2.33. The first-order valence-corrected chi connectivity index (χ1v) is 9.13. The van der Waals surface area contributed by atoms with Crippen LogP contribution in [0.15, 0.2) is 16.5 Å². The third-order valence-corrected chi connectivity index (χ3v) is 3.93. The summed E-state index contributed by atoms with van der Waals surface area (Å²) in [6.07, 6.45) is 0.842. The van der Waals surface area contributed by atoms with Crippen molar-refractivity contribution in [3.05, 3.63) is 23.3 Å². The molecule has 7 nitrogen and oxygen atoms in total. The Morgan fingerprint density at radius 1 is 1.07 bits per heavy atom. The lowest BCUT2D eigenvalue weighted by atomic mass is 10.1. The highest BCUT2D eigenvalue weighted by atomic mass is 16.5. The lowest BCUT2D eigenvalue weighted by Gasteiger charge is -2.08. The van der Waals surface area contributed by atoms with Crippen LogP contribution in [0.2, 0.25) is 0 Å². The van der Waals surface area contributed by atoms with E-state index in [-0.39, 0.29) is 11.8 Å². The smallest absolute Gasteiger partial charge is 0.323 e. The third-order valence-electron chi connectivity index (χ3n) is 3.93. The van der Waals surface area contributed by atoms with E-state index in [1.165, 1.54) is 0 Å². The summed E-state index contributed by atoms with van der Waals surface area (Å²) in [7, 11) is 0. The van der Waals surface area contributed by atoms with Crippen molar-refractivity contribution in [1.29, 1.82) is 0 Å². The van der Waals surface area contributed by atoms with Crippen molar-refractivity contribution in [2.75, 3.05) is 13.2 Å². The number of aromatic hydroxyl groups is 1. The van der Waals surface area contributed by atoms with Crippen molar-refractivity contribution in [2.45, 2.75) is 41.0 Å². The van der Waals surface area contributed by atoms with Gasteiger partial charge in [-0.05, 0) is 49.4 Å². The van der Waals surface area contributed by atoms with Gasteiger partial charge in [0.2, 0.25) is 5.89 Å². The number of ether oxygens (including phenoxy) is 2. The molecule has 0 amide bonds. The molecule has 0 spiro atoms. The van der Waals surface area contributed by atoms with E-state index < -0.39 is 0 Å². The maximum atomic E-state index is 9.99. The molecule has 0 aliphatic carbocycles. The van der Waals surface area contributed by atoms with Crippen LogP contribution < -0.4 is 9.47 Å². The second-order valence-electron chi connectivity index (χ2n) is 7.00. The Hall–Kier alpha value is -2.83. The van der Waals surface area contributed by atoms with Crippen LogP contribution in [0.1, 0.15) is 38.3 Å². The Morgan fingerprint density at radius 3 is 2.41 bits per heavy atom. The van der Waals surface area contributed by atoms with E-state index >= 15 is 0 Å². The van der Waals surface area contributed by atoms with Gasteiger partial charge in [-0.15, -0.1) is 0 Å². The number of nitrogens with zero attached hydrogens (tertiary/aromatic N) is 3. The molecule has 1 aromatic carbocycles. The van der Waals surface area contributed by atoms with Crippen LogP contribution in [0.3, 0.4) is 0 Å². The summed E-state index contributed by atoms with van der Waals surface area (Å²) in [6.45, 7) is 10.8. The average Bonchev–Trinajstić information content (AvgIpc) is 3.06. The van der Waals surface area contributed by atoms with Crippen molar-refractivity contribution in [2.24, 2.45) is 5.92 Å². The highest BCUT2D eigenvalue weighted by Gasteiger charge is 2.19. The van der Waals surface area contributed by atoms with Crippen LogP contribution in [0.25, 0.3) is 22.7 Å². The molecule has 2 aromatic heterocycles. The summed E-state index contributed by atoms with van der Waals surface area (Å²) >= 11 is 0. The molecule has 0 saturated carbocycles. The molecular formula is C20H25N3O4. The fraction of sp³-hybridized carbons (Fsp3) is 0.450. The fourth-order valence-corrected chi connectivity index (χ4v) is 2.59. The summed E-state index contributed by atoms with van der Waals surface area (Å²) in [5.41, 5.74) is 3.03. The Kier molecular flexibility index (Phi) is 5.48. The summed E-state index contributed by atoms with van der Waals surface area (Å²) in [5, 5.41) is 9.99. The topological polar surface area (TPSA) is 90.5 Å². The zero-order chi connectivity index (χ0) is 19.6. The van der Waals surface area contributed by atoms with Crippen LogP contribution >= 0.6 is 0 Å². The fourth-order valence-electron chi connectivity index (χ4n) is 2.59. The minimum Gasteiger partial charge on any atom is -0.507 e. The SMILES string of the molecule is CCCOc1nc(OCC(C)C)nc2oc(-c3cc(C)c(O)c(C)c3)nc12. The number of oxazole rings is 1. The van der Waals surface area contributed by atoms with Gasteiger partial charge >= 0.3 is 6.01 Å². The number of rotatable bonds is 7. The second-order valence-corrected chi connectivity index (χ2v) is 7.00. The monoisotopic (exact) mass is 371 g/mol. The summed E-state index contributed by atoms with van der Waals surface area (Å²) in [4.78, 5) is 13.2. The first-order valence-electron chi connectivity index (χ1n) is 9.13. The molecule has 0 aliphatic heterocycles. The van der Waals surface area contributed by atoms with Gasteiger partial charge in [0.15, 0.2) is 5.52 Å². The van der Waals surface area contributed by atoms with E-state index in [0.717, 1.165) is 23.1 Å². The molecule has 2 heterocycles. The van der Waals surface area contributed by atoms with Gasteiger partial charge in [-0.25, -0.2) is 4.98 Å². The van der Waals surface area contributed by atoms with Crippen molar-refractivity contribution >= 4 is 11.2 Å². The number of aromatic nitrogens is 3. The van der Waals surface area contributed by atoms with Gasteiger partial charge in [0.05, 0.1) is 13.2 Å². The zero-order valence-electron chi connectivity index (χ0n) is 16.4. The van der Waals surface area contributed by atoms with Gasteiger partial charge in [-0.2, -0.15) is 9.97 Å². The molecule has 3 aromatic rings. The minimum absolute atomic E-state index is 0.211. The molecule has 0 radical (unpaired) electrons. The van der Waals surface area contributed by atoms with Crippen molar-refractivity contribution in [3.8, 4) is 29.1 Å². The molecule has 0 aliphatic rings.